The summed E-state index contributed by atoms with van der Waals surface area (Å²) in [6, 6.07) is 0.487. The first kappa shape index (κ1) is 13.5. The van der Waals surface area contributed by atoms with E-state index in [-0.39, 0.29) is 11.4 Å². The third-order valence-electron chi connectivity index (χ3n) is 3.18. The fraction of sp³-hybridized carbons (Fsp3) is 0.917. The van der Waals surface area contributed by atoms with Crippen LogP contribution in [0.4, 0.5) is 0 Å². The zero-order valence-corrected chi connectivity index (χ0v) is 11.0. The molecule has 0 bridgehead atoms. The van der Waals surface area contributed by atoms with Crippen molar-refractivity contribution in [3.8, 4) is 0 Å². The Morgan fingerprint density at radius 1 is 1.56 bits per heavy atom. The average molecular weight is 227 g/mol. The van der Waals surface area contributed by atoms with Crippen LogP contribution in [0, 0.1) is 0 Å². The summed E-state index contributed by atoms with van der Waals surface area (Å²) in [7, 11) is 0. The number of amides is 1. The van der Waals surface area contributed by atoms with E-state index in [0.29, 0.717) is 12.6 Å². The lowest BCUT2D eigenvalue weighted by molar-refractivity contribution is -0.124. The molecule has 1 aliphatic heterocycles. The van der Waals surface area contributed by atoms with E-state index in [0.717, 1.165) is 26.1 Å². The summed E-state index contributed by atoms with van der Waals surface area (Å²) < 4.78 is 0. The summed E-state index contributed by atoms with van der Waals surface area (Å²) in [4.78, 5) is 14.0. The van der Waals surface area contributed by atoms with Crippen molar-refractivity contribution in [2.24, 2.45) is 0 Å². The van der Waals surface area contributed by atoms with Gasteiger partial charge in [-0.3, -0.25) is 9.69 Å². The smallest absolute Gasteiger partial charge is 0.234 e. The quantitative estimate of drug-likeness (QED) is 0.738. The average Bonchev–Trinajstić information content (AvgIpc) is 2.16. The van der Waals surface area contributed by atoms with E-state index in [2.05, 4.69) is 43.2 Å². The number of hydrogen-bond donors (Lipinski definition) is 2. The molecule has 0 aliphatic carbocycles. The number of piperazine rings is 1. The summed E-state index contributed by atoms with van der Waals surface area (Å²) in [6.07, 6.45) is 0.955. The highest BCUT2D eigenvalue weighted by Crippen LogP contribution is 2.07. The Balaban J connectivity index is 2.33. The van der Waals surface area contributed by atoms with E-state index in [9.17, 15) is 4.79 Å². The lowest BCUT2D eigenvalue weighted by atomic mass is 10.0. The number of carbonyl (C=O) groups excluding carboxylic acids is 1. The minimum Gasteiger partial charge on any atom is -0.350 e. The van der Waals surface area contributed by atoms with Crippen molar-refractivity contribution in [3.05, 3.63) is 0 Å². The first-order valence-corrected chi connectivity index (χ1v) is 6.19. The van der Waals surface area contributed by atoms with Crippen LogP contribution in [-0.2, 0) is 4.79 Å². The van der Waals surface area contributed by atoms with Gasteiger partial charge >= 0.3 is 0 Å². The van der Waals surface area contributed by atoms with Crippen LogP contribution in [0.3, 0.4) is 0 Å². The highest BCUT2D eigenvalue weighted by atomic mass is 16.2. The summed E-state index contributed by atoms with van der Waals surface area (Å²) in [5.74, 6) is 0.140. The van der Waals surface area contributed by atoms with Crippen LogP contribution in [-0.4, -0.2) is 48.6 Å². The Bertz CT molecular complexity index is 240. The van der Waals surface area contributed by atoms with Crippen molar-refractivity contribution >= 4 is 5.91 Å². The first-order chi connectivity index (χ1) is 7.43. The van der Waals surface area contributed by atoms with E-state index in [4.69, 9.17) is 0 Å². The highest BCUT2D eigenvalue weighted by molar-refractivity contribution is 5.78. The molecule has 0 aromatic carbocycles. The number of nitrogens with one attached hydrogen (secondary N) is 2. The largest absolute Gasteiger partial charge is 0.350 e. The summed E-state index contributed by atoms with van der Waals surface area (Å²) >= 11 is 0. The van der Waals surface area contributed by atoms with Crippen LogP contribution in [0.2, 0.25) is 0 Å². The second-order valence-corrected chi connectivity index (χ2v) is 5.38. The van der Waals surface area contributed by atoms with Gasteiger partial charge in [-0.2, -0.15) is 0 Å². The number of hydrogen-bond acceptors (Lipinski definition) is 3. The normalized spacial score (nSPS) is 23.1. The van der Waals surface area contributed by atoms with E-state index >= 15 is 0 Å². The molecule has 94 valence electrons. The lowest BCUT2D eigenvalue weighted by Crippen LogP contribution is -2.53. The second kappa shape index (κ2) is 5.64. The van der Waals surface area contributed by atoms with Crippen molar-refractivity contribution < 1.29 is 4.79 Å². The minimum atomic E-state index is -0.0866. The maximum atomic E-state index is 11.8. The summed E-state index contributed by atoms with van der Waals surface area (Å²) in [5, 5.41) is 6.44. The number of nitrogens with zero attached hydrogens (tertiary/aromatic N) is 1. The minimum absolute atomic E-state index is 0.0866. The molecule has 16 heavy (non-hydrogen) atoms. The summed E-state index contributed by atoms with van der Waals surface area (Å²) in [6.45, 7) is 11.8. The van der Waals surface area contributed by atoms with Gasteiger partial charge in [-0.25, -0.2) is 0 Å². The molecule has 1 heterocycles. The van der Waals surface area contributed by atoms with Crippen LogP contribution >= 0.6 is 0 Å². The van der Waals surface area contributed by atoms with Gasteiger partial charge in [0.25, 0.3) is 0 Å². The van der Waals surface area contributed by atoms with Crippen molar-refractivity contribution in [1.29, 1.82) is 0 Å². The van der Waals surface area contributed by atoms with Crippen LogP contribution in [0.5, 0.6) is 0 Å². The maximum absolute atomic E-state index is 11.8. The Morgan fingerprint density at radius 2 is 2.25 bits per heavy atom. The van der Waals surface area contributed by atoms with Crippen molar-refractivity contribution in [2.45, 2.75) is 45.7 Å². The molecular formula is C12H25N3O. The molecule has 0 unspecified atom stereocenters. The Morgan fingerprint density at radius 3 is 2.81 bits per heavy atom. The standard InChI is InChI=1S/C12H25N3O/c1-5-12(3,4)14-11(16)9-15-7-6-13-10(2)8-15/h10,13H,5-9H2,1-4H3,(H,14,16)/t10-/m0/s1. The SMILES string of the molecule is CCC(C)(C)NC(=O)CN1CCN[C@@H](C)C1. The van der Waals surface area contributed by atoms with E-state index in [1.165, 1.54) is 0 Å². The molecule has 0 aromatic rings. The molecule has 1 atom stereocenters. The molecule has 1 fully saturated rings. The van der Waals surface area contributed by atoms with Crippen LogP contribution < -0.4 is 10.6 Å². The topological polar surface area (TPSA) is 44.4 Å². The van der Waals surface area contributed by atoms with Gasteiger partial charge in [-0.05, 0) is 27.2 Å². The monoisotopic (exact) mass is 227 g/mol. The van der Waals surface area contributed by atoms with Gasteiger partial charge in [0.15, 0.2) is 0 Å². The maximum Gasteiger partial charge on any atom is 0.234 e. The fourth-order valence-corrected chi connectivity index (χ4v) is 1.86. The summed E-state index contributed by atoms with van der Waals surface area (Å²) in [5.41, 5.74) is -0.0866. The third kappa shape index (κ3) is 4.49. The molecule has 1 rings (SSSR count). The molecule has 0 aromatic heterocycles. The number of rotatable bonds is 4. The predicted molar refractivity (Wildman–Crippen MR) is 66.4 cm³/mol. The molecule has 1 saturated heterocycles. The molecular weight excluding hydrogens is 202 g/mol. The molecule has 4 nitrogen and oxygen atoms in total. The first-order valence-electron chi connectivity index (χ1n) is 6.19. The third-order valence-corrected chi connectivity index (χ3v) is 3.18. The van der Waals surface area contributed by atoms with Crippen molar-refractivity contribution in [1.82, 2.24) is 15.5 Å². The van der Waals surface area contributed by atoms with E-state index in [1.54, 1.807) is 0 Å². The Labute approximate surface area is 98.8 Å². The Hall–Kier alpha value is -0.610. The second-order valence-electron chi connectivity index (χ2n) is 5.38. The zero-order valence-electron chi connectivity index (χ0n) is 11.0. The van der Waals surface area contributed by atoms with Gasteiger partial charge in [-0.1, -0.05) is 6.92 Å². The fourth-order valence-electron chi connectivity index (χ4n) is 1.86. The molecule has 0 radical (unpaired) electrons. The lowest BCUT2D eigenvalue weighted by Gasteiger charge is -2.32. The van der Waals surface area contributed by atoms with E-state index < -0.39 is 0 Å². The molecule has 0 spiro atoms. The van der Waals surface area contributed by atoms with Crippen LogP contribution in [0.1, 0.15) is 34.1 Å². The van der Waals surface area contributed by atoms with Crippen molar-refractivity contribution in [3.63, 3.8) is 0 Å². The van der Waals surface area contributed by atoms with Crippen LogP contribution in [0.25, 0.3) is 0 Å². The van der Waals surface area contributed by atoms with Gasteiger partial charge in [0.2, 0.25) is 5.91 Å². The van der Waals surface area contributed by atoms with Gasteiger partial charge in [-0.15, -0.1) is 0 Å². The molecule has 1 aliphatic rings. The van der Waals surface area contributed by atoms with Gasteiger partial charge in [0, 0.05) is 31.2 Å². The molecule has 1 amide bonds. The van der Waals surface area contributed by atoms with Gasteiger partial charge in [0.1, 0.15) is 0 Å². The van der Waals surface area contributed by atoms with Crippen molar-refractivity contribution in [2.75, 3.05) is 26.2 Å². The zero-order chi connectivity index (χ0) is 12.2. The number of carbonyl (C=O) groups is 1. The molecule has 2 N–H and O–H groups in total. The molecule has 4 heteroatoms. The van der Waals surface area contributed by atoms with Gasteiger partial charge in [0.05, 0.1) is 6.54 Å². The van der Waals surface area contributed by atoms with E-state index in [1.807, 2.05) is 0 Å². The Kier molecular flexibility index (Phi) is 4.74. The highest BCUT2D eigenvalue weighted by Gasteiger charge is 2.21. The van der Waals surface area contributed by atoms with Gasteiger partial charge < -0.3 is 10.6 Å². The van der Waals surface area contributed by atoms with Crippen LogP contribution in [0.15, 0.2) is 0 Å². The predicted octanol–water partition coefficient (Wildman–Crippen LogP) is 0.585. The molecule has 0 saturated carbocycles.